The lowest BCUT2D eigenvalue weighted by molar-refractivity contribution is 0.0830. The van der Waals surface area contributed by atoms with E-state index in [1.807, 2.05) is 6.92 Å². The zero-order chi connectivity index (χ0) is 16.8. The van der Waals surface area contributed by atoms with Crippen LogP contribution in [0.5, 0.6) is 11.5 Å². The van der Waals surface area contributed by atoms with Crippen molar-refractivity contribution in [1.82, 2.24) is 10.9 Å². The highest BCUT2D eigenvalue weighted by Gasteiger charge is 2.16. The molecule has 122 valence electrons. The van der Waals surface area contributed by atoms with Gasteiger partial charge in [-0.25, -0.2) is 0 Å². The molecule has 1 heterocycles. The average Bonchev–Trinajstić information content (AvgIpc) is 3.08. The molecule has 23 heavy (non-hydrogen) atoms. The minimum atomic E-state index is -0.555. The molecule has 0 atom stereocenters. The lowest BCUT2D eigenvalue weighted by Gasteiger charge is -2.13. The Morgan fingerprint density at radius 3 is 2.61 bits per heavy atom. The molecule has 0 spiro atoms. The van der Waals surface area contributed by atoms with E-state index in [4.69, 9.17) is 13.9 Å². The topological polar surface area (TPSA) is 89.8 Å². The minimum Gasteiger partial charge on any atom is -0.493 e. The fourth-order valence-electron chi connectivity index (χ4n) is 1.79. The molecule has 0 bridgehead atoms. The summed E-state index contributed by atoms with van der Waals surface area (Å²) in [5, 5.41) is 0. The summed E-state index contributed by atoms with van der Waals surface area (Å²) in [5.41, 5.74) is 4.85. The quantitative estimate of drug-likeness (QED) is 0.775. The van der Waals surface area contributed by atoms with Crippen LogP contribution in [0.1, 0.15) is 27.8 Å². The smallest absolute Gasteiger partial charge is 0.305 e. The summed E-state index contributed by atoms with van der Waals surface area (Å²) in [6.45, 7) is 2.30. The van der Waals surface area contributed by atoms with Gasteiger partial charge in [0, 0.05) is 5.56 Å². The molecule has 1 aromatic heterocycles. The molecule has 0 saturated carbocycles. The van der Waals surface area contributed by atoms with E-state index < -0.39 is 11.8 Å². The predicted molar refractivity (Wildman–Crippen MR) is 85.5 cm³/mol. The summed E-state index contributed by atoms with van der Waals surface area (Å²) in [6.07, 6.45) is 1.37. The van der Waals surface area contributed by atoms with Crippen molar-refractivity contribution in [2.24, 2.45) is 0 Å². The summed E-state index contributed by atoms with van der Waals surface area (Å²) >= 11 is 3.33. The van der Waals surface area contributed by atoms with E-state index in [0.29, 0.717) is 22.6 Å². The Hall–Kier alpha value is -2.48. The van der Waals surface area contributed by atoms with Gasteiger partial charge in [0.1, 0.15) is 0 Å². The van der Waals surface area contributed by atoms with Gasteiger partial charge < -0.3 is 13.9 Å². The Morgan fingerprint density at radius 1 is 1.26 bits per heavy atom. The number of rotatable bonds is 5. The van der Waals surface area contributed by atoms with Gasteiger partial charge in [-0.2, -0.15) is 0 Å². The fraction of sp³-hybridized carbons (Fsp3) is 0.200. The number of carbonyl (C=O) groups excluding carboxylic acids is 2. The highest BCUT2D eigenvalue weighted by molar-refractivity contribution is 9.10. The monoisotopic (exact) mass is 382 g/mol. The molecule has 0 aliphatic carbocycles. The van der Waals surface area contributed by atoms with Gasteiger partial charge in [0.15, 0.2) is 17.3 Å². The molecule has 0 unspecified atom stereocenters. The third-order valence-electron chi connectivity index (χ3n) is 2.81. The number of carbonyl (C=O) groups is 2. The van der Waals surface area contributed by atoms with Crippen LogP contribution < -0.4 is 20.3 Å². The molecule has 2 aromatic rings. The number of hydrogen-bond donors (Lipinski definition) is 2. The summed E-state index contributed by atoms with van der Waals surface area (Å²) in [7, 11) is 1.48. The van der Waals surface area contributed by atoms with Gasteiger partial charge in [-0.05, 0) is 47.1 Å². The van der Waals surface area contributed by atoms with Crippen LogP contribution in [0.2, 0.25) is 0 Å². The molecule has 0 fully saturated rings. The highest BCUT2D eigenvalue weighted by atomic mass is 79.9. The van der Waals surface area contributed by atoms with E-state index in [0.717, 1.165) is 0 Å². The Morgan fingerprint density at radius 2 is 2.00 bits per heavy atom. The second kappa shape index (κ2) is 7.68. The molecule has 0 aliphatic rings. The van der Waals surface area contributed by atoms with Crippen molar-refractivity contribution < 1.29 is 23.5 Å². The second-order valence-electron chi connectivity index (χ2n) is 4.31. The maximum absolute atomic E-state index is 12.1. The van der Waals surface area contributed by atoms with Crippen molar-refractivity contribution in [3.63, 3.8) is 0 Å². The molecule has 2 amide bonds. The molecule has 2 rings (SSSR count). The number of benzene rings is 1. The number of hydrazine groups is 1. The molecule has 7 nitrogen and oxygen atoms in total. The Balaban J connectivity index is 2.10. The van der Waals surface area contributed by atoms with Gasteiger partial charge in [-0.1, -0.05) is 0 Å². The third-order valence-corrected chi connectivity index (χ3v) is 3.40. The van der Waals surface area contributed by atoms with Crippen LogP contribution in [0.25, 0.3) is 0 Å². The molecular formula is C15H15BrN2O5. The minimum absolute atomic E-state index is 0.0933. The number of halogens is 1. The van der Waals surface area contributed by atoms with Crippen molar-refractivity contribution in [3.8, 4) is 11.5 Å². The third kappa shape index (κ3) is 4.04. The first-order valence-electron chi connectivity index (χ1n) is 6.71. The van der Waals surface area contributed by atoms with Gasteiger partial charge in [-0.3, -0.25) is 20.4 Å². The van der Waals surface area contributed by atoms with Crippen LogP contribution in [-0.2, 0) is 0 Å². The van der Waals surface area contributed by atoms with Crippen LogP contribution in [0, 0.1) is 0 Å². The first-order chi connectivity index (χ1) is 11.1. The first kappa shape index (κ1) is 16.9. The van der Waals surface area contributed by atoms with Gasteiger partial charge in [0.05, 0.1) is 24.5 Å². The van der Waals surface area contributed by atoms with Crippen molar-refractivity contribution in [2.75, 3.05) is 13.7 Å². The SMILES string of the molecule is CCOc1c(Br)cc(C(=O)NNC(=O)c2ccco2)cc1OC. The molecule has 0 radical (unpaired) electrons. The maximum Gasteiger partial charge on any atom is 0.305 e. The number of ether oxygens (including phenoxy) is 2. The van der Waals surface area contributed by atoms with Crippen LogP contribution in [0.4, 0.5) is 0 Å². The molecule has 1 aromatic carbocycles. The van der Waals surface area contributed by atoms with E-state index in [9.17, 15) is 9.59 Å². The molecule has 0 aliphatic heterocycles. The lowest BCUT2D eigenvalue weighted by atomic mass is 10.2. The zero-order valence-corrected chi connectivity index (χ0v) is 14.1. The molecule has 2 N–H and O–H groups in total. The van der Waals surface area contributed by atoms with Crippen molar-refractivity contribution in [3.05, 3.63) is 46.3 Å². The molecule has 0 saturated heterocycles. The molecule has 8 heteroatoms. The normalized spacial score (nSPS) is 10.0. The summed E-state index contributed by atoms with van der Waals surface area (Å²) in [6, 6.07) is 6.15. The summed E-state index contributed by atoms with van der Waals surface area (Å²) in [4.78, 5) is 23.8. The maximum atomic E-state index is 12.1. The van der Waals surface area contributed by atoms with E-state index in [1.54, 1.807) is 12.1 Å². The number of furan rings is 1. The average molecular weight is 383 g/mol. The van der Waals surface area contributed by atoms with Crippen LogP contribution in [0.15, 0.2) is 39.4 Å². The van der Waals surface area contributed by atoms with E-state index >= 15 is 0 Å². The Bertz CT molecular complexity index is 700. The zero-order valence-electron chi connectivity index (χ0n) is 12.5. The van der Waals surface area contributed by atoms with Crippen LogP contribution in [-0.4, -0.2) is 25.5 Å². The fourth-order valence-corrected chi connectivity index (χ4v) is 2.35. The number of hydrogen-bond acceptors (Lipinski definition) is 5. The largest absolute Gasteiger partial charge is 0.493 e. The van der Waals surface area contributed by atoms with Crippen LogP contribution >= 0.6 is 15.9 Å². The number of nitrogens with one attached hydrogen (secondary N) is 2. The molecular weight excluding hydrogens is 368 g/mol. The predicted octanol–water partition coefficient (Wildman–Crippen LogP) is 2.52. The van der Waals surface area contributed by atoms with E-state index in [1.165, 1.54) is 25.5 Å². The van der Waals surface area contributed by atoms with Gasteiger partial charge in [0.2, 0.25) is 0 Å². The first-order valence-corrected chi connectivity index (χ1v) is 7.50. The van der Waals surface area contributed by atoms with Crippen molar-refractivity contribution in [1.29, 1.82) is 0 Å². The summed E-state index contributed by atoms with van der Waals surface area (Å²) in [5.74, 6) is -0.0575. The standard InChI is InChI=1S/C15H15BrN2O5/c1-3-22-13-10(16)7-9(8-12(13)21-2)14(19)17-18-15(20)11-5-4-6-23-11/h4-8H,3H2,1-2H3,(H,17,19)(H,18,20). The second-order valence-corrected chi connectivity index (χ2v) is 5.16. The Kier molecular flexibility index (Phi) is 5.64. The van der Waals surface area contributed by atoms with Crippen LogP contribution in [0.3, 0.4) is 0 Å². The van der Waals surface area contributed by atoms with Gasteiger partial charge in [0.25, 0.3) is 5.91 Å². The van der Waals surface area contributed by atoms with Crippen molar-refractivity contribution in [2.45, 2.75) is 6.92 Å². The number of methoxy groups -OCH3 is 1. The lowest BCUT2D eigenvalue weighted by Crippen LogP contribution is -2.41. The van der Waals surface area contributed by atoms with Gasteiger partial charge in [-0.15, -0.1) is 0 Å². The number of amides is 2. The van der Waals surface area contributed by atoms with Gasteiger partial charge >= 0.3 is 5.91 Å². The Labute approximate surface area is 141 Å². The summed E-state index contributed by atoms with van der Waals surface area (Å²) < 4.78 is 16.2. The van der Waals surface area contributed by atoms with E-state index in [-0.39, 0.29) is 11.3 Å². The highest BCUT2D eigenvalue weighted by Crippen LogP contribution is 2.36. The van der Waals surface area contributed by atoms with Crippen molar-refractivity contribution >= 4 is 27.7 Å². The van der Waals surface area contributed by atoms with E-state index in [2.05, 4.69) is 26.8 Å².